The second-order valence-electron chi connectivity index (χ2n) is 13.3. The van der Waals surface area contributed by atoms with Gasteiger partial charge in [0.25, 0.3) is 0 Å². The third-order valence-corrected chi connectivity index (χ3v) is 8.53. The Hall–Kier alpha value is -4.90. The van der Waals surface area contributed by atoms with E-state index in [2.05, 4.69) is 42.8 Å². The van der Waals surface area contributed by atoms with E-state index in [9.17, 15) is 14.0 Å². The maximum atomic E-state index is 14.1. The zero-order chi connectivity index (χ0) is 33.1. The number of halogens is 1. The number of piperidine rings is 1. The number of aryl methyl sites for hydroxylation is 1. The van der Waals surface area contributed by atoms with Crippen molar-refractivity contribution in [2.75, 3.05) is 35.8 Å². The number of rotatable bonds is 6. The van der Waals surface area contributed by atoms with Crippen LogP contribution in [0.4, 0.5) is 31.2 Å². The Balaban J connectivity index is 1.04. The normalized spacial score (nSPS) is 15.0. The second kappa shape index (κ2) is 13.4. The van der Waals surface area contributed by atoms with E-state index in [1.54, 1.807) is 9.58 Å². The first-order chi connectivity index (χ1) is 22.5. The zero-order valence-corrected chi connectivity index (χ0v) is 27.2. The molecule has 246 valence electrons. The number of nitrogens with one attached hydrogen (secondary N) is 3. The summed E-state index contributed by atoms with van der Waals surface area (Å²) in [6.45, 7) is 9.78. The highest BCUT2D eigenvalue weighted by atomic mass is 19.1. The Kier molecular flexibility index (Phi) is 9.17. The Morgan fingerprint density at radius 2 is 1.74 bits per heavy atom. The number of benzene rings is 3. The van der Waals surface area contributed by atoms with Crippen molar-refractivity contribution in [2.24, 2.45) is 5.92 Å². The molecule has 6 rings (SSSR count). The molecule has 1 aromatic heterocycles. The van der Waals surface area contributed by atoms with Crippen LogP contribution in [0, 0.1) is 18.7 Å². The Morgan fingerprint density at radius 3 is 2.49 bits per heavy atom. The average molecular weight is 641 g/mol. The third-order valence-electron chi connectivity index (χ3n) is 8.53. The maximum absolute atomic E-state index is 14.1. The van der Waals surface area contributed by atoms with E-state index in [1.165, 1.54) is 12.1 Å². The molecule has 47 heavy (non-hydrogen) atoms. The van der Waals surface area contributed by atoms with Crippen LogP contribution in [-0.2, 0) is 23.2 Å². The second-order valence-corrected chi connectivity index (χ2v) is 13.3. The number of hydrogen-bond donors (Lipinski definition) is 3. The van der Waals surface area contributed by atoms with Crippen LogP contribution < -0.4 is 20.7 Å². The minimum atomic E-state index is -0.454. The molecule has 11 heteroatoms. The smallest absolute Gasteiger partial charge is 0.324 e. The Morgan fingerprint density at radius 1 is 0.979 bits per heavy atom. The molecule has 0 aliphatic carbocycles. The van der Waals surface area contributed by atoms with Gasteiger partial charge < -0.3 is 25.0 Å². The van der Waals surface area contributed by atoms with Gasteiger partial charge in [-0.1, -0.05) is 50.6 Å². The van der Waals surface area contributed by atoms with Gasteiger partial charge in [0, 0.05) is 41.9 Å². The summed E-state index contributed by atoms with van der Waals surface area (Å²) < 4.78 is 26.6. The molecule has 0 bridgehead atoms. The predicted molar refractivity (Wildman–Crippen MR) is 180 cm³/mol. The molecule has 3 heterocycles. The number of carbonyl (C=O) groups is 2. The highest BCUT2D eigenvalue weighted by Gasteiger charge is 2.26. The van der Waals surface area contributed by atoms with Gasteiger partial charge in [-0.25, -0.2) is 18.7 Å². The molecule has 0 radical (unpaired) electrons. The van der Waals surface area contributed by atoms with Crippen LogP contribution in [0.15, 0.2) is 66.7 Å². The first-order valence-corrected chi connectivity index (χ1v) is 16.0. The lowest BCUT2D eigenvalue weighted by Gasteiger charge is -2.32. The van der Waals surface area contributed by atoms with Crippen molar-refractivity contribution in [3.8, 4) is 11.4 Å². The summed E-state index contributed by atoms with van der Waals surface area (Å²) in [5.74, 6) is 0.964. The van der Waals surface area contributed by atoms with Gasteiger partial charge in [-0.3, -0.25) is 5.32 Å². The van der Waals surface area contributed by atoms with E-state index in [0.717, 1.165) is 41.8 Å². The van der Waals surface area contributed by atoms with E-state index in [-0.39, 0.29) is 30.9 Å². The third kappa shape index (κ3) is 7.74. The van der Waals surface area contributed by atoms with Gasteiger partial charge in [-0.15, -0.1) is 0 Å². The molecule has 0 unspecified atom stereocenters. The SMILES string of the molecule is Cc1ccc(-n2nc(C(C)(C)C)cc2NC(=O)Nc2cccc(CC3CCN(C(=O)Nc4cc(F)cc5c4OCOC5)CC3)c2)cc1. The summed E-state index contributed by atoms with van der Waals surface area (Å²) in [4.78, 5) is 27.9. The van der Waals surface area contributed by atoms with Gasteiger partial charge in [0.05, 0.1) is 23.7 Å². The van der Waals surface area contributed by atoms with Crippen LogP contribution in [-0.4, -0.2) is 46.6 Å². The van der Waals surface area contributed by atoms with Crippen LogP contribution in [0.2, 0.25) is 0 Å². The zero-order valence-electron chi connectivity index (χ0n) is 27.2. The molecule has 2 aliphatic rings. The lowest BCUT2D eigenvalue weighted by Crippen LogP contribution is -2.41. The number of amides is 4. The van der Waals surface area contributed by atoms with E-state index in [0.29, 0.717) is 47.5 Å². The molecule has 4 aromatic rings. The number of likely N-dealkylation sites (tertiary alicyclic amines) is 1. The highest BCUT2D eigenvalue weighted by Crippen LogP contribution is 2.34. The van der Waals surface area contributed by atoms with Crippen LogP contribution in [0.3, 0.4) is 0 Å². The topological polar surface area (TPSA) is 110 Å². The quantitative estimate of drug-likeness (QED) is 0.201. The van der Waals surface area contributed by atoms with Crippen molar-refractivity contribution >= 4 is 29.3 Å². The number of carbonyl (C=O) groups excluding carboxylic acids is 2. The molecule has 2 aliphatic heterocycles. The van der Waals surface area contributed by atoms with Gasteiger partial charge in [0.1, 0.15) is 11.6 Å². The molecular weight excluding hydrogens is 599 g/mol. The molecule has 0 saturated carbocycles. The fraction of sp³-hybridized carbons (Fsp3) is 0.361. The van der Waals surface area contributed by atoms with E-state index in [1.807, 2.05) is 55.5 Å². The minimum Gasteiger partial charge on any atom is -0.465 e. The van der Waals surface area contributed by atoms with Crippen molar-refractivity contribution < 1.29 is 23.5 Å². The van der Waals surface area contributed by atoms with Crippen LogP contribution in [0.5, 0.6) is 5.75 Å². The molecule has 3 N–H and O–H groups in total. The summed E-state index contributed by atoms with van der Waals surface area (Å²) in [6, 6.07) is 19.8. The van der Waals surface area contributed by atoms with E-state index in [4.69, 9.17) is 14.6 Å². The molecular formula is C36H41FN6O4. The summed E-state index contributed by atoms with van der Waals surface area (Å²) >= 11 is 0. The molecule has 3 aromatic carbocycles. The number of nitrogens with zero attached hydrogens (tertiary/aromatic N) is 3. The Labute approximate surface area is 274 Å². The van der Waals surface area contributed by atoms with Gasteiger partial charge in [0.2, 0.25) is 0 Å². The molecule has 10 nitrogen and oxygen atoms in total. The summed E-state index contributed by atoms with van der Waals surface area (Å²) in [7, 11) is 0. The minimum absolute atomic E-state index is 0.0618. The van der Waals surface area contributed by atoms with Crippen LogP contribution >= 0.6 is 0 Å². The summed E-state index contributed by atoms with van der Waals surface area (Å²) in [5.41, 5.74) is 5.38. The van der Waals surface area contributed by atoms with Crippen LogP contribution in [0.25, 0.3) is 5.69 Å². The van der Waals surface area contributed by atoms with Crippen molar-refractivity contribution in [2.45, 2.75) is 59.0 Å². The number of urea groups is 2. The first-order valence-electron chi connectivity index (χ1n) is 16.0. The molecule has 0 spiro atoms. The van der Waals surface area contributed by atoms with Gasteiger partial charge in [-0.05, 0) is 68.0 Å². The lowest BCUT2D eigenvalue weighted by atomic mass is 9.90. The largest absolute Gasteiger partial charge is 0.465 e. The molecule has 1 fully saturated rings. The van der Waals surface area contributed by atoms with Crippen molar-refractivity contribution in [1.82, 2.24) is 14.7 Å². The van der Waals surface area contributed by atoms with Gasteiger partial charge in [-0.2, -0.15) is 5.10 Å². The predicted octanol–water partition coefficient (Wildman–Crippen LogP) is 7.61. The van der Waals surface area contributed by atoms with Gasteiger partial charge in [0.15, 0.2) is 12.5 Å². The van der Waals surface area contributed by atoms with Crippen molar-refractivity contribution in [1.29, 1.82) is 0 Å². The number of aromatic nitrogens is 2. The number of fused-ring (bicyclic) bond motifs is 1. The first kappa shape index (κ1) is 32.1. The van der Waals surface area contributed by atoms with Crippen molar-refractivity contribution in [3.63, 3.8) is 0 Å². The van der Waals surface area contributed by atoms with Crippen LogP contribution in [0.1, 0.15) is 56.0 Å². The molecule has 0 atom stereocenters. The van der Waals surface area contributed by atoms with E-state index >= 15 is 0 Å². The number of anilines is 3. The highest BCUT2D eigenvalue weighted by molar-refractivity contribution is 5.99. The molecule has 1 saturated heterocycles. The summed E-state index contributed by atoms with van der Waals surface area (Å²) in [6.07, 6.45) is 2.49. The fourth-order valence-electron chi connectivity index (χ4n) is 5.91. The van der Waals surface area contributed by atoms with Crippen molar-refractivity contribution in [3.05, 3.63) is 94.9 Å². The Bertz CT molecular complexity index is 1760. The average Bonchev–Trinajstić information content (AvgIpc) is 3.46. The standard InChI is InChI=1S/C36H41FN6O4/c1-23-8-10-29(11-9-23)43-32(20-31(41-43)36(2,3)4)40-34(44)38-28-7-5-6-25(17-28)16-24-12-14-42(15-13-24)35(45)39-30-19-27(37)18-26-21-46-22-47-33(26)30/h5-11,17-20,24H,12-16,21-22H2,1-4H3,(H,39,45)(H2,38,40,44). The maximum Gasteiger partial charge on any atom is 0.324 e. The monoisotopic (exact) mass is 640 g/mol. The number of ether oxygens (including phenoxy) is 2. The van der Waals surface area contributed by atoms with E-state index < -0.39 is 5.82 Å². The molecule has 4 amide bonds. The lowest BCUT2D eigenvalue weighted by molar-refractivity contribution is -0.0160. The fourth-order valence-corrected chi connectivity index (χ4v) is 5.91. The van der Waals surface area contributed by atoms with Gasteiger partial charge >= 0.3 is 12.1 Å². The summed E-state index contributed by atoms with van der Waals surface area (Å²) in [5, 5.41) is 13.6. The number of hydrogen-bond acceptors (Lipinski definition) is 5.